The fourth-order valence-electron chi connectivity index (χ4n) is 3.11. The number of rotatable bonds is 8. The first-order valence-corrected chi connectivity index (χ1v) is 10.9. The maximum Gasteiger partial charge on any atom is 0.271 e. The van der Waals surface area contributed by atoms with E-state index in [-0.39, 0.29) is 11.9 Å². The lowest BCUT2D eigenvalue weighted by Gasteiger charge is -2.17. The van der Waals surface area contributed by atoms with Gasteiger partial charge >= 0.3 is 0 Å². The highest BCUT2D eigenvalue weighted by molar-refractivity contribution is 7.13. The van der Waals surface area contributed by atoms with Gasteiger partial charge in [0.15, 0.2) is 22.3 Å². The molecule has 0 aliphatic carbocycles. The normalized spacial score (nSPS) is 11.7. The van der Waals surface area contributed by atoms with Gasteiger partial charge in [-0.3, -0.25) is 9.78 Å². The van der Waals surface area contributed by atoms with E-state index in [0.717, 1.165) is 16.9 Å². The van der Waals surface area contributed by atoms with Crippen LogP contribution in [0.5, 0.6) is 11.5 Å². The minimum Gasteiger partial charge on any atom is -0.493 e. The van der Waals surface area contributed by atoms with Crippen LogP contribution in [0.2, 0.25) is 0 Å². The average molecular weight is 450 g/mol. The zero-order valence-electron chi connectivity index (χ0n) is 18.0. The number of ether oxygens (including phenoxy) is 2. The molecule has 1 amide bonds. The number of methoxy groups -OCH3 is 1. The number of nitrogens with zero attached hydrogens (tertiary/aromatic N) is 2. The molecule has 4 rings (SSSR count). The topological polar surface area (TPSA) is 86.5 Å². The molecule has 4 aromatic rings. The van der Waals surface area contributed by atoms with Crippen molar-refractivity contribution in [1.29, 1.82) is 0 Å². The van der Waals surface area contributed by atoms with Crippen LogP contribution in [0.3, 0.4) is 0 Å². The molecule has 0 bridgehead atoms. The molecule has 1 atom stereocenters. The highest BCUT2D eigenvalue weighted by Crippen LogP contribution is 2.31. The zero-order chi connectivity index (χ0) is 22.5. The average Bonchev–Trinajstić information content (AvgIpc) is 3.47. The van der Waals surface area contributed by atoms with Crippen LogP contribution in [0.15, 0.2) is 64.7 Å². The molecule has 3 aromatic heterocycles. The minimum absolute atomic E-state index is 0.248. The standard InChI is InChI=1S/C24H23N3O4S/c1-15-4-6-21(31-15)24-27-19(14-32-24)23(28)26-16(2)18-5-7-20(22(12-18)29-3)30-13-17-8-10-25-11-9-17/h4-12,14,16H,13H2,1-3H3,(H,26,28). The van der Waals surface area contributed by atoms with Crippen LogP contribution < -0.4 is 14.8 Å². The summed E-state index contributed by atoms with van der Waals surface area (Å²) < 4.78 is 17.0. The van der Waals surface area contributed by atoms with Crippen molar-refractivity contribution in [3.63, 3.8) is 0 Å². The van der Waals surface area contributed by atoms with Crippen molar-refractivity contribution in [1.82, 2.24) is 15.3 Å². The van der Waals surface area contributed by atoms with Gasteiger partial charge in [-0.15, -0.1) is 11.3 Å². The van der Waals surface area contributed by atoms with Crippen LogP contribution in [-0.4, -0.2) is 23.0 Å². The van der Waals surface area contributed by atoms with Crippen LogP contribution in [-0.2, 0) is 6.61 Å². The van der Waals surface area contributed by atoms with Gasteiger partial charge in [0.2, 0.25) is 0 Å². The predicted octanol–water partition coefficient (Wildman–Crippen LogP) is 5.19. The molecule has 1 aromatic carbocycles. The number of furan rings is 1. The predicted molar refractivity (Wildman–Crippen MR) is 122 cm³/mol. The van der Waals surface area contributed by atoms with E-state index in [1.165, 1.54) is 11.3 Å². The van der Waals surface area contributed by atoms with E-state index in [4.69, 9.17) is 13.9 Å². The molecule has 0 saturated carbocycles. The molecule has 0 saturated heterocycles. The van der Waals surface area contributed by atoms with Gasteiger partial charge in [0, 0.05) is 17.8 Å². The Morgan fingerprint density at radius 1 is 1.16 bits per heavy atom. The molecule has 7 nitrogen and oxygen atoms in total. The van der Waals surface area contributed by atoms with Crippen LogP contribution in [0, 0.1) is 6.92 Å². The van der Waals surface area contributed by atoms with E-state index in [2.05, 4.69) is 15.3 Å². The minimum atomic E-state index is -0.250. The SMILES string of the molecule is COc1cc(C(C)NC(=O)c2csc(-c3ccc(C)o3)n2)ccc1OCc1ccncc1. The van der Waals surface area contributed by atoms with Crippen LogP contribution in [0.25, 0.3) is 10.8 Å². The van der Waals surface area contributed by atoms with Crippen molar-refractivity contribution in [3.05, 3.63) is 82.8 Å². The third-order valence-corrected chi connectivity index (χ3v) is 5.72. The molecular formula is C24H23N3O4S. The Morgan fingerprint density at radius 3 is 2.69 bits per heavy atom. The van der Waals surface area contributed by atoms with E-state index < -0.39 is 0 Å². The first-order chi connectivity index (χ1) is 15.5. The van der Waals surface area contributed by atoms with Gasteiger partial charge < -0.3 is 19.2 Å². The second-order valence-corrected chi connectivity index (χ2v) is 8.06. The number of aryl methyl sites for hydroxylation is 1. The lowest BCUT2D eigenvalue weighted by Crippen LogP contribution is -2.26. The third kappa shape index (κ3) is 4.97. The molecule has 0 spiro atoms. The van der Waals surface area contributed by atoms with Crippen molar-refractivity contribution >= 4 is 17.2 Å². The Hall–Kier alpha value is -3.65. The van der Waals surface area contributed by atoms with E-state index in [9.17, 15) is 4.79 Å². The number of thiazole rings is 1. The largest absolute Gasteiger partial charge is 0.493 e. The summed E-state index contributed by atoms with van der Waals surface area (Å²) in [5.41, 5.74) is 2.26. The first-order valence-electron chi connectivity index (χ1n) is 10.1. The lowest BCUT2D eigenvalue weighted by atomic mass is 10.1. The number of carbonyl (C=O) groups is 1. The number of nitrogens with one attached hydrogen (secondary N) is 1. The maximum absolute atomic E-state index is 12.7. The monoisotopic (exact) mass is 449 g/mol. The smallest absolute Gasteiger partial charge is 0.271 e. The molecule has 0 radical (unpaired) electrons. The first kappa shape index (κ1) is 21.6. The van der Waals surface area contributed by atoms with Gasteiger partial charge in [-0.05, 0) is 61.4 Å². The molecule has 164 valence electrons. The Morgan fingerprint density at radius 2 is 1.97 bits per heavy atom. The Balaban J connectivity index is 1.42. The van der Waals surface area contributed by atoms with E-state index in [1.807, 2.05) is 56.3 Å². The van der Waals surface area contributed by atoms with E-state index in [1.54, 1.807) is 24.9 Å². The van der Waals surface area contributed by atoms with E-state index >= 15 is 0 Å². The van der Waals surface area contributed by atoms with Gasteiger partial charge in [0.1, 0.15) is 18.1 Å². The summed E-state index contributed by atoms with van der Waals surface area (Å²) in [4.78, 5) is 21.1. The van der Waals surface area contributed by atoms with Crippen molar-refractivity contribution in [3.8, 4) is 22.3 Å². The summed E-state index contributed by atoms with van der Waals surface area (Å²) in [5.74, 6) is 2.44. The number of benzene rings is 1. The summed E-state index contributed by atoms with van der Waals surface area (Å²) in [6.45, 7) is 4.19. The van der Waals surface area contributed by atoms with Crippen molar-refractivity contribution in [2.75, 3.05) is 7.11 Å². The molecule has 1 unspecified atom stereocenters. The molecule has 32 heavy (non-hydrogen) atoms. The van der Waals surface area contributed by atoms with Crippen molar-refractivity contribution in [2.45, 2.75) is 26.5 Å². The van der Waals surface area contributed by atoms with Gasteiger partial charge in [-0.1, -0.05) is 6.07 Å². The number of aromatic nitrogens is 2. The molecule has 3 heterocycles. The Kier molecular flexibility index (Phi) is 6.51. The summed E-state index contributed by atoms with van der Waals surface area (Å²) in [6, 6.07) is 12.9. The van der Waals surface area contributed by atoms with Gasteiger partial charge in [0.25, 0.3) is 5.91 Å². The Labute approximate surface area is 190 Å². The van der Waals surface area contributed by atoms with Crippen molar-refractivity contribution in [2.24, 2.45) is 0 Å². The summed E-state index contributed by atoms with van der Waals surface area (Å²) in [7, 11) is 1.59. The zero-order valence-corrected chi connectivity index (χ0v) is 18.8. The second-order valence-electron chi connectivity index (χ2n) is 7.20. The number of pyridine rings is 1. The fourth-order valence-corrected chi connectivity index (χ4v) is 3.87. The summed E-state index contributed by atoms with van der Waals surface area (Å²) in [5, 5.41) is 5.38. The molecule has 1 N–H and O–H groups in total. The summed E-state index contributed by atoms with van der Waals surface area (Å²) in [6.07, 6.45) is 3.45. The van der Waals surface area contributed by atoms with Crippen LogP contribution >= 0.6 is 11.3 Å². The highest BCUT2D eigenvalue weighted by Gasteiger charge is 2.18. The Bertz CT molecular complexity index is 1200. The fraction of sp³-hybridized carbons (Fsp3) is 0.208. The molecular weight excluding hydrogens is 426 g/mol. The highest BCUT2D eigenvalue weighted by atomic mass is 32.1. The van der Waals surface area contributed by atoms with Gasteiger partial charge in [-0.2, -0.15) is 0 Å². The molecule has 0 aliphatic rings. The molecule has 0 aliphatic heterocycles. The quantitative estimate of drug-likeness (QED) is 0.399. The molecule has 0 fully saturated rings. The number of amides is 1. The van der Waals surface area contributed by atoms with Gasteiger partial charge in [-0.25, -0.2) is 4.98 Å². The van der Waals surface area contributed by atoms with Crippen molar-refractivity contribution < 1.29 is 18.7 Å². The number of hydrogen-bond donors (Lipinski definition) is 1. The van der Waals surface area contributed by atoms with Gasteiger partial charge in [0.05, 0.1) is 13.2 Å². The number of carbonyl (C=O) groups excluding carboxylic acids is 1. The third-order valence-electron chi connectivity index (χ3n) is 4.87. The second kappa shape index (κ2) is 9.65. The molecule has 8 heteroatoms. The van der Waals surface area contributed by atoms with E-state index in [0.29, 0.717) is 34.6 Å². The number of hydrogen-bond acceptors (Lipinski definition) is 7. The maximum atomic E-state index is 12.7. The van der Waals surface area contributed by atoms with Crippen LogP contribution in [0.1, 0.15) is 40.3 Å². The summed E-state index contributed by atoms with van der Waals surface area (Å²) >= 11 is 1.37. The van der Waals surface area contributed by atoms with Crippen LogP contribution in [0.4, 0.5) is 0 Å². The lowest BCUT2D eigenvalue weighted by molar-refractivity contribution is 0.0935.